The van der Waals surface area contributed by atoms with E-state index in [-0.39, 0.29) is 5.91 Å². The van der Waals surface area contributed by atoms with Crippen LogP contribution in [0.5, 0.6) is 0 Å². The predicted molar refractivity (Wildman–Crippen MR) is 122 cm³/mol. The molecule has 1 N–H and O–H groups in total. The van der Waals surface area contributed by atoms with Gasteiger partial charge in [-0.2, -0.15) is 0 Å². The highest BCUT2D eigenvalue weighted by Gasteiger charge is 2.10. The second kappa shape index (κ2) is 7.41. The van der Waals surface area contributed by atoms with Gasteiger partial charge in [0.05, 0.1) is 5.52 Å². The first-order chi connectivity index (χ1) is 14.7. The number of nitrogens with one attached hydrogen (secondary N) is 1. The fourth-order valence-electron chi connectivity index (χ4n) is 3.68. The van der Waals surface area contributed by atoms with Crippen molar-refractivity contribution in [3.05, 3.63) is 103 Å². The molecule has 2 heterocycles. The van der Waals surface area contributed by atoms with E-state index in [1.165, 1.54) is 0 Å². The lowest BCUT2D eigenvalue weighted by Gasteiger charge is -2.12. The average Bonchev–Trinajstić information content (AvgIpc) is 2.79. The van der Waals surface area contributed by atoms with Gasteiger partial charge in [0, 0.05) is 40.6 Å². The highest BCUT2D eigenvalue weighted by molar-refractivity contribution is 6.06. The summed E-state index contributed by atoms with van der Waals surface area (Å²) in [4.78, 5) is 21.4. The monoisotopic (exact) mass is 389 g/mol. The number of rotatable bonds is 3. The Bertz CT molecular complexity index is 1410. The molecule has 2 aromatic heterocycles. The molecule has 0 aliphatic heterocycles. The Morgan fingerprint density at radius 2 is 1.77 bits per heavy atom. The van der Waals surface area contributed by atoms with Gasteiger partial charge in [0.2, 0.25) is 0 Å². The van der Waals surface area contributed by atoms with E-state index in [2.05, 4.69) is 40.4 Å². The lowest BCUT2D eigenvalue weighted by atomic mass is 9.98. The van der Waals surface area contributed by atoms with E-state index in [4.69, 9.17) is 0 Å². The molecule has 144 valence electrons. The molecule has 0 radical (unpaired) electrons. The van der Waals surface area contributed by atoms with Crippen LogP contribution in [0.2, 0.25) is 0 Å². The Balaban J connectivity index is 1.46. The molecule has 0 bridgehead atoms. The summed E-state index contributed by atoms with van der Waals surface area (Å²) in [5.41, 5.74) is 5.57. The van der Waals surface area contributed by atoms with Crippen molar-refractivity contribution in [2.45, 2.75) is 6.92 Å². The SMILES string of the molecule is Cc1ccc(NC(=O)c2ccc3ncccc3c2)cc1-c1ccc2ccncc2c1. The Labute approximate surface area is 174 Å². The third-order valence-corrected chi connectivity index (χ3v) is 5.31. The summed E-state index contributed by atoms with van der Waals surface area (Å²) in [6.07, 6.45) is 5.42. The van der Waals surface area contributed by atoms with Crippen molar-refractivity contribution in [1.82, 2.24) is 9.97 Å². The van der Waals surface area contributed by atoms with Crippen LogP contribution in [-0.2, 0) is 0 Å². The molecular formula is C26H19N3O. The first kappa shape index (κ1) is 18.0. The van der Waals surface area contributed by atoms with Gasteiger partial charge in [-0.25, -0.2) is 0 Å². The highest BCUT2D eigenvalue weighted by Crippen LogP contribution is 2.29. The van der Waals surface area contributed by atoms with Crippen LogP contribution in [-0.4, -0.2) is 15.9 Å². The molecule has 30 heavy (non-hydrogen) atoms. The normalized spacial score (nSPS) is 11.0. The highest BCUT2D eigenvalue weighted by atomic mass is 16.1. The largest absolute Gasteiger partial charge is 0.322 e. The van der Waals surface area contributed by atoms with Gasteiger partial charge in [-0.15, -0.1) is 0 Å². The first-order valence-electron chi connectivity index (χ1n) is 9.78. The van der Waals surface area contributed by atoms with Gasteiger partial charge >= 0.3 is 0 Å². The molecule has 0 fully saturated rings. The number of fused-ring (bicyclic) bond motifs is 2. The summed E-state index contributed by atoms with van der Waals surface area (Å²) in [5.74, 6) is -0.140. The number of anilines is 1. The lowest BCUT2D eigenvalue weighted by molar-refractivity contribution is 0.102. The zero-order valence-electron chi connectivity index (χ0n) is 16.5. The van der Waals surface area contributed by atoms with E-state index in [1.54, 1.807) is 18.5 Å². The summed E-state index contributed by atoms with van der Waals surface area (Å²) in [6, 6.07) is 23.7. The van der Waals surface area contributed by atoms with Crippen LogP contribution in [0, 0.1) is 6.92 Å². The Kier molecular flexibility index (Phi) is 4.45. The maximum Gasteiger partial charge on any atom is 0.255 e. The quantitative estimate of drug-likeness (QED) is 0.411. The molecule has 0 atom stereocenters. The van der Waals surface area contributed by atoms with Gasteiger partial charge < -0.3 is 5.32 Å². The minimum absolute atomic E-state index is 0.140. The van der Waals surface area contributed by atoms with E-state index < -0.39 is 0 Å². The maximum absolute atomic E-state index is 12.8. The van der Waals surface area contributed by atoms with Crippen molar-refractivity contribution in [3.63, 3.8) is 0 Å². The molecule has 4 heteroatoms. The standard InChI is InChI=1S/C26H19N3O/c1-17-4-8-23(15-24(17)19-6-5-18-10-12-27-16-22(18)13-19)29-26(30)21-7-9-25-20(14-21)3-2-11-28-25/h2-16H,1H3,(H,29,30). The maximum atomic E-state index is 12.8. The van der Waals surface area contributed by atoms with Crippen LogP contribution in [0.1, 0.15) is 15.9 Å². The van der Waals surface area contributed by atoms with Crippen LogP contribution in [0.4, 0.5) is 5.69 Å². The average molecular weight is 389 g/mol. The van der Waals surface area contributed by atoms with Gasteiger partial charge in [0.25, 0.3) is 5.91 Å². The van der Waals surface area contributed by atoms with Crippen molar-refractivity contribution in [1.29, 1.82) is 0 Å². The molecule has 0 aliphatic rings. The molecule has 5 aromatic rings. The zero-order chi connectivity index (χ0) is 20.5. The first-order valence-corrected chi connectivity index (χ1v) is 9.78. The minimum Gasteiger partial charge on any atom is -0.322 e. The van der Waals surface area contributed by atoms with Crippen molar-refractivity contribution in [2.75, 3.05) is 5.32 Å². The summed E-state index contributed by atoms with van der Waals surface area (Å²) >= 11 is 0. The van der Waals surface area contributed by atoms with Gasteiger partial charge in [-0.1, -0.05) is 24.3 Å². The summed E-state index contributed by atoms with van der Waals surface area (Å²) in [5, 5.41) is 6.22. The van der Waals surface area contributed by atoms with Crippen LogP contribution in [0.25, 0.3) is 32.8 Å². The number of pyridine rings is 2. The summed E-state index contributed by atoms with van der Waals surface area (Å²) in [7, 11) is 0. The van der Waals surface area contributed by atoms with Gasteiger partial charge in [0.15, 0.2) is 0 Å². The second-order valence-electron chi connectivity index (χ2n) is 7.33. The van der Waals surface area contributed by atoms with Gasteiger partial charge in [-0.05, 0) is 77.5 Å². The van der Waals surface area contributed by atoms with Crippen LogP contribution >= 0.6 is 0 Å². The third kappa shape index (κ3) is 3.40. The van der Waals surface area contributed by atoms with Crippen LogP contribution < -0.4 is 5.32 Å². The number of benzene rings is 3. The lowest BCUT2D eigenvalue weighted by Crippen LogP contribution is -2.12. The molecule has 1 amide bonds. The summed E-state index contributed by atoms with van der Waals surface area (Å²) in [6.45, 7) is 2.07. The fourth-order valence-corrected chi connectivity index (χ4v) is 3.68. The zero-order valence-corrected chi connectivity index (χ0v) is 16.5. The van der Waals surface area contributed by atoms with Crippen molar-refractivity contribution < 1.29 is 4.79 Å². The molecule has 0 aliphatic carbocycles. The molecule has 4 nitrogen and oxygen atoms in total. The van der Waals surface area contributed by atoms with Crippen LogP contribution in [0.15, 0.2) is 91.4 Å². The van der Waals surface area contributed by atoms with Crippen molar-refractivity contribution >= 4 is 33.3 Å². The fraction of sp³-hybridized carbons (Fsp3) is 0.0385. The minimum atomic E-state index is -0.140. The molecule has 0 saturated carbocycles. The number of carbonyl (C=O) groups excluding carboxylic acids is 1. The number of nitrogens with zero attached hydrogens (tertiary/aromatic N) is 2. The summed E-state index contributed by atoms with van der Waals surface area (Å²) < 4.78 is 0. The molecule has 0 spiro atoms. The number of hydrogen-bond donors (Lipinski definition) is 1. The Morgan fingerprint density at radius 3 is 2.70 bits per heavy atom. The van der Waals surface area contributed by atoms with Crippen molar-refractivity contribution in [3.8, 4) is 11.1 Å². The third-order valence-electron chi connectivity index (χ3n) is 5.31. The number of hydrogen-bond acceptors (Lipinski definition) is 3. The number of amides is 1. The van der Waals surface area contributed by atoms with Gasteiger partial charge in [-0.3, -0.25) is 14.8 Å². The smallest absolute Gasteiger partial charge is 0.255 e. The van der Waals surface area contributed by atoms with E-state index in [0.717, 1.165) is 44.1 Å². The molecule has 0 unspecified atom stereocenters. The molecular weight excluding hydrogens is 370 g/mol. The Hall–Kier alpha value is -4.05. The second-order valence-corrected chi connectivity index (χ2v) is 7.33. The van der Waals surface area contributed by atoms with E-state index in [1.807, 2.05) is 54.7 Å². The molecule has 0 saturated heterocycles. The van der Waals surface area contributed by atoms with E-state index >= 15 is 0 Å². The van der Waals surface area contributed by atoms with E-state index in [0.29, 0.717) is 5.56 Å². The van der Waals surface area contributed by atoms with Gasteiger partial charge in [0.1, 0.15) is 0 Å². The number of aryl methyl sites for hydroxylation is 1. The number of aromatic nitrogens is 2. The van der Waals surface area contributed by atoms with Crippen LogP contribution in [0.3, 0.4) is 0 Å². The van der Waals surface area contributed by atoms with E-state index in [9.17, 15) is 4.79 Å². The number of carbonyl (C=O) groups is 1. The van der Waals surface area contributed by atoms with Crippen molar-refractivity contribution in [2.24, 2.45) is 0 Å². The Morgan fingerprint density at radius 1 is 0.833 bits per heavy atom. The molecule has 5 rings (SSSR count). The molecule has 3 aromatic carbocycles. The predicted octanol–water partition coefficient (Wildman–Crippen LogP) is 6.01. The topological polar surface area (TPSA) is 54.9 Å².